The molecule has 1 N–H and O–H groups in total. The van der Waals surface area contributed by atoms with Crippen LogP contribution in [0.5, 0.6) is 17.2 Å². The molecule has 3 aromatic carbocycles. The first-order valence-electron chi connectivity index (χ1n) is 17.6. The molecular weight excluding hydrogens is 667 g/mol. The molecule has 0 saturated heterocycles. The van der Waals surface area contributed by atoms with E-state index < -0.39 is 5.97 Å². The summed E-state index contributed by atoms with van der Waals surface area (Å²) in [7, 11) is 0. The van der Waals surface area contributed by atoms with Crippen LogP contribution in [0.2, 0.25) is 0 Å². The molecule has 0 aliphatic heterocycles. The van der Waals surface area contributed by atoms with Gasteiger partial charge in [0.25, 0.3) is 0 Å². The molecule has 10 nitrogen and oxygen atoms in total. The Bertz CT molecular complexity index is 1820. The number of benzene rings is 3. The van der Waals surface area contributed by atoms with Crippen LogP contribution in [0.25, 0.3) is 10.2 Å². The number of anilines is 1. The lowest BCUT2D eigenvalue weighted by Gasteiger charge is -2.28. The van der Waals surface area contributed by atoms with Gasteiger partial charge in [0.15, 0.2) is 0 Å². The maximum Gasteiger partial charge on any atom is 0.333 e. The first-order valence-corrected chi connectivity index (χ1v) is 18.4. The molecule has 0 spiro atoms. The second kappa shape index (κ2) is 17.3. The monoisotopic (exact) mass is 709 g/mol. The van der Waals surface area contributed by atoms with Gasteiger partial charge in [-0.25, -0.2) is 9.78 Å². The molecule has 2 fully saturated rings. The topological polar surface area (TPSA) is 125 Å². The number of ether oxygens (including phenoxy) is 4. The highest BCUT2D eigenvalue weighted by Crippen LogP contribution is 2.39. The van der Waals surface area contributed by atoms with E-state index in [9.17, 15) is 14.4 Å². The minimum atomic E-state index is -0.582. The Balaban J connectivity index is 1.05. The molecule has 11 heteroatoms. The molecule has 51 heavy (non-hydrogen) atoms. The minimum absolute atomic E-state index is 0.252. The van der Waals surface area contributed by atoms with Gasteiger partial charge < -0.3 is 18.9 Å². The third-order valence-corrected chi connectivity index (χ3v) is 10.8. The van der Waals surface area contributed by atoms with E-state index in [0.717, 1.165) is 40.6 Å². The number of rotatable bonds is 13. The maximum atomic E-state index is 13.4. The Hall–Kier alpha value is -5.03. The summed E-state index contributed by atoms with van der Waals surface area (Å²) in [6.07, 6.45) is 10.8. The van der Waals surface area contributed by atoms with Crippen molar-refractivity contribution < 1.29 is 33.3 Å². The number of carbonyl (C=O) groups excluding carboxylic acids is 3. The quantitative estimate of drug-likeness (QED) is 0.0362. The highest BCUT2D eigenvalue weighted by atomic mass is 32.1. The Kier molecular flexibility index (Phi) is 12.1. The first-order chi connectivity index (χ1) is 24.9. The molecule has 0 amide bonds. The molecule has 0 atom stereocenters. The molecule has 1 aromatic heterocycles. The standard InChI is InChI=1S/C40H43N3O7S/c1-3-26-9-11-27(12-10-26)30-17-22-35(31(23-30)24-41-43-40-42-34-7-5-6-8-36(34)51-40)50-39(46)29-15-13-28(14-16-29)38(45)49-33-20-18-32(19-21-33)47-25-48-37(44)4-2/h4-8,17-24,26-29H,2-3,9-16,25H2,1H3,(H,42,43)/b41-24+. The lowest BCUT2D eigenvalue weighted by Crippen LogP contribution is -2.30. The summed E-state index contributed by atoms with van der Waals surface area (Å²) >= 11 is 1.53. The van der Waals surface area contributed by atoms with Crippen molar-refractivity contribution in [3.63, 3.8) is 0 Å². The normalized spacial score (nSPS) is 20.4. The highest BCUT2D eigenvalue weighted by Gasteiger charge is 2.32. The Labute approximate surface area is 301 Å². The number of hydrazone groups is 1. The Morgan fingerprint density at radius 3 is 2.25 bits per heavy atom. The fourth-order valence-corrected chi connectivity index (χ4v) is 7.59. The second-order valence-electron chi connectivity index (χ2n) is 13.1. The van der Waals surface area contributed by atoms with E-state index >= 15 is 0 Å². The van der Waals surface area contributed by atoms with Crippen LogP contribution < -0.4 is 19.6 Å². The van der Waals surface area contributed by atoms with Gasteiger partial charge in [-0.05, 0) is 117 Å². The van der Waals surface area contributed by atoms with Crippen molar-refractivity contribution in [1.29, 1.82) is 0 Å². The van der Waals surface area contributed by atoms with Gasteiger partial charge in [-0.1, -0.05) is 49.5 Å². The number of nitrogens with zero attached hydrogens (tertiary/aromatic N) is 2. The number of carbonyl (C=O) groups is 3. The molecule has 6 rings (SSSR count). The molecule has 2 aliphatic carbocycles. The van der Waals surface area contributed by atoms with Crippen molar-refractivity contribution in [2.24, 2.45) is 22.9 Å². The zero-order valence-corrected chi connectivity index (χ0v) is 29.6. The SMILES string of the molecule is C=CC(=O)OCOc1ccc(OC(=O)C2CCC(C(=O)Oc3ccc(C4CCC(CC)CC4)cc3/C=N/Nc3nc4ccccc4s3)CC2)cc1. The first kappa shape index (κ1) is 35.8. The van der Waals surface area contributed by atoms with Crippen LogP contribution in [0, 0.1) is 17.8 Å². The van der Waals surface area contributed by atoms with E-state index in [2.05, 4.69) is 41.1 Å². The predicted molar refractivity (Wildman–Crippen MR) is 197 cm³/mol. The van der Waals surface area contributed by atoms with Crippen LogP contribution in [-0.4, -0.2) is 35.9 Å². The number of nitrogens with one attached hydrogen (secondary N) is 1. The predicted octanol–water partition coefficient (Wildman–Crippen LogP) is 8.81. The van der Waals surface area contributed by atoms with Gasteiger partial charge in [-0.3, -0.25) is 15.0 Å². The second-order valence-corrected chi connectivity index (χ2v) is 14.1. The van der Waals surface area contributed by atoms with E-state index in [4.69, 9.17) is 18.9 Å². The van der Waals surface area contributed by atoms with Crippen LogP contribution in [-0.2, 0) is 19.1 Å². The molecular formula is C40H43N3O7S. The summed E-state index contributed by atoms with van der Waals surface area (Å²) in [6, 6.07) is 20.5. The average Bonchev–Trinajstić information content (AvgIpc) is 3.59. The van der Waals surface area contributed by atoms with Crippen molar-refractivity contribution >= 4 is 50.8 Å². The molecule has 2 saturated carbocycles. The van der Waals surface area contributed by atoms with Crippen LogP contribution in [0.4, 0.5) is 5.13 Å². The zero-order valence-electron chi connectivity index (χ0n) is 28.8. The fourth-order valence-electron chi connectivity index (χ4n) is 6.77. The van der Waals surface area contributed by atoms with Crippen LogP contribution in [0.15, 0.2) is 84.5 Å². The summed E-state index contributed by atoms with van der Waals surface area (Å²) in [5.41, 5.74) is 5.94. The Morgan fingerprint density at radius 1 is 0.882 bits per heavy atom. The third-order valence-electron chi connectivity index (χ3n) is 9.83. The van der Waals surface area contributed by atoms with Gasteiger partial charge in [-0.2, -0.15) is 5.10 Å². The molecule has 0 unspecified atom stereocenters. The van der Waals surface area contributed by atoms with Crippen LogP contribution >= 0.6 is 11.3 Å². The maximum absolute atomic E-state index is 13.4. The van der Waals surface area contributed by atoms with Crippen molar-refractivity contribution in [2.45, 2.75) is 70.6 Å². The molecule has 266 valence electrons. The number of fused-ring (bicyclic) bond motifs is 1. The number of hydrogen-bond donors (Lipinski definition) is 1. The lowest BCUT2D eigenvalue weighted by molar-refractivity contribution is -0.145. The van der Waals surface area contributed by atoms with Gasteiger partial charge in [0.05, 0.1) is 28.3 Å². The number of para-hydroxylation sites is 1. The molecule has 0 bridgehead atoms. The average molecular weight is 710 g/mol. The van der Waals surface area contributed by atoms with Gasteiger partial charge in [0.1, 0.15) is 17.2 Å². The zero-order chi connectivity index (χ0) is 35.6. The number of hydrogen-bond acceptors (Lipinski definition) is 11. The van der Waals surface area contributed by atoms with E-state index in [1.165, 1.54) is 36.2 Å². The number of aromatic nitrogens is 1. The van der Waals surface area contributed by atoms with Gasteiger partial charge >= 0.3 is 17.9 Å². The van der Waals surface area contributed by atoms with E-state index in [-0.39, 0.29) is 30.6 Å². The third kappa shape index (κ3) is 9.61. The summed E-state index contributed by atoms with van der Waals surface area (Å²) < 4.78 is 22.8. The van der Waals surface area contributed by atoms with Crippen LogP contribution in [0.3, 0.4) is 0 Å². The summed E-state index contributed by atoms with van der Waals surface area (Å²) in [6.45, 7) is 5.35. The Morgan fingerprint density at radius 2 is 1.57 bits per heavy atom. The van der Waals surface area contributed by atoms with Crippen molar-refractivity contribution in [2.75, 3.05) is 12.2 Å². The van der Waals surface area contributed by atoms with E-state index in [1.807, 2.05) is 30.3 Å². The number of esters is 3. The van der Waals surface area contributed by atoms with Crippen molar-refractivity contribution in [3.8, 4) is 17.2 Å². The molecule has 2 aliphatic rings. The lowest BCUT2D eigenvalue weighted by atomic mass is 9.77. The molecule has 1 heterocycles. The minimum Gasteiger partial charge on any atom is -0.457 e. The number of thiazole rings is 1. The molecule has 0 radical (unpaired) electrons. The summed E-state index contributed by atoms with van der Waals surface area (Å²) in [5.74, 6) is 0.708. The largest absolute Gasteiger partial charge is 0.457 e. The highest BCUT2D eigenvalue weighted by molar-refractivity contribution is 7.22. The smallest absolute Gasteiger partial charge is 0.333 e. The van der Waals surface area contributed by atoms with E-state index in [0.29, 0.717) is 54.0 Å². The van der Waals surface area contributed by atoms with Gasteiger partial charge in [0.2, 0.25) is 11.9 Å². The van der Waals surface area contributed by atoms with Gasteiger partial charge in [-0.15, -0.1) is 0 Å². The summed E-state index contributed by atoms with van der Waals surface area (Å²) in [5, 5.41) is 5.18. The molecule has 4 aromatic rings. The van der Waals surface area contributed by atoms with Gasteiger partial charge in [0, 0.05) is 11.6 Å². The van der Waals surface area contributed by atoms with Crippen molar-refractivity contribution in [1.82, 2.24) is 4.98 Å². The van der Waals surface area contributed by atoms with Crippen LogP contribution in [0.1, 0.15) is 81.8 Å². The summed E-state index contributed by atoms with van der Waals surface area (Å²) in [4.78, 5) is 42.1. The van der Waals surface area contributed by atoms with Crippen molar-refractivity contribution in [3.05, 3.63) is 90.5 Å². The van der Waals surface area contributed by atoms with E-state index in [1.54, 1.807) is 30.5 Å². The fraction of sp³-hybridized carbons (Fsp3) is 0.375.